The zero-order valence-corrected chi connectivity index (χ0v) is 14.6. The van der Waals surface area contributed by atoms with Crippen LogP contribution in [-0.4, -0.2) is 15.7 Å². The van der Waals surface area contributed by atoms with Crippen LogP contribution in [0.15, 0.2) is 65.9 Å². The highest BCUT2D eigenvalue weighted by Crippen LogP contribution is 2.20. The number of aryl methyl sites for hydroxylation is 1. The van der Waals surface area contributed by atoms with Crippen molar-refractivity contribution >= 4 is 5.91 Å². The van der Waals surface area contributed by atoms with Gasteiger partial charge in [-0.15, -0.1) is 6.58 Å². The molecule has 0 atom stereocenters. The molecule has 6 heteroatoms. The van der Waals surface area contributed by atoms with Crippen LogP contribution in [0.25, 0.3) is 0 Å². The molecule has 3 rings (SSSR count). The Balaban J connectivity index is 1.56. The van der Waals surface area contributed by atoms with Crippen LogP contribution in [0, 0.1) is 0 Å². The molecule has 134 valence electrons. The van der Waals surface area contributed by atoms with E-state index >= 15 is 0 Å². The largest absolute Gasteiger partial charge is 0.485 e. The molecule has 2 heterocycles. The molecule has 0 aliphatic carbocycles. The summed E-state index contributed by atoms with van der Waals surface area (Å²) in [5.41, 5.74) is 1.98. The molecule has 0 fully saturated rings. The molecule has 6 nitrogen and oxygen atoms in total. The topological polar surface area (TPSA) is 69.3 Å². The van der Waals surface area contributed by atoms with Crippen molar-refractivity contribution in [3.05, 3.63) is 84.1 Å². The first kappa shape index (κ1) is 17.5. The van der Waals surface area contributed by atoms with E-state index in [1.807, 2.05) is 43.6 Å². The average Bonchev–Trinajstić information content (AvgIpc) is 3.28. The number of benzene rings is 1. The highest BCUT2D eigenvalue weighted by atomic mass is 16.5. The summed E-state index contributed by atoms with van der Waals surface area (Å²) >= 11 is 0. The van der Waals surface area contributed by atoms with Gasteiger partial charge in [-0.25, -0.2) is 0 Å². The molecule has 0 aliphatic heterocycles. The van der Waals surface area contributed by atoms with E-state index in [9.17, 15) is 4.79 Å². The maximum absolute atomic E-state index is 12.2. The number of furan rings is 1. The first-order valence-electron chi connectivity index (χ1n) is 8.31. The lowest BCUT2D eigenvalue weighted by molar-refractivity contribution is 0.0919. The molecule has 1 amide bonds. The number of rotatable bonds is 8. The van der Waals surface area contributed by atoms with E-state index in [1.165, 1.54) is 0 Å². The van der Waals surface area contributed by atoms with Gasteiger partial charge in [0.15, 0.2) is 5.76 Å². The number of hydrogen-bond donors (Lipinski definition) is 1. The van der Waals surface area contributed by atoms with Crippen molar-refractivity contribution in [2.75, 3.05) is 0 Å². The maximum atomic E-state index is 12.2. The quantitative estimate of drug-likeness (QED) is 0.633. The summed E-state index contributed by atoms with van der Waals surface area (Å²) in [6.07, 6.45) is 6.13. The third-order valence-electron chi connectivity index (χ3n) is 3.80. The number of ether oxygens (including phenoxy) is 1. The van der Waals surface area contributed by atoms with Crippen molar-refractivity contribution < 1.29 is 13.9 Å². The van der Waals surface area contributed by atoms with Crippen molar-refractivity contribution in [2.24, 2.45) is 7.05 Å². The van der Waals surface area contributed by atoms with Gasteiger partial charge in [-0.2, -0.15) is 5.10 Å². The van der Waals surface area contributed by atoms with Crippen molar-refractivity contribution in [1.82, 2.24) is 15.1 Å². The van der Waals surface area contributed by atoms with E-state index < -0.39 is 0 Å². The normalized spacial score (nSPS) is 10.5. The molecule has 0 spiro atoms. The molecule has 0 bridgehead atoms. The second-order valence-corrected chi connectivity index (χ2v) is 5.86. The minimum atomic E-state index is -0.271. The van der Waals surface area contributed by atoms with Gasteiger partial charge in [0, 0.05) is 25.4 Å². The molecule has 1 aromatic carbocycles. The molecule has 1 N–H and O–H groups in total. The summed E-state index contributed by atoms with van der Waals surface area (Å²) in [5, 5.41) is 6.87. The van der Waals surface area contributed by atoms with E-state index in [0.29, 0.717) is 12.3 Å². The van der Waals surface area contributed by atoms with Crippen LogP contribution in [-0.2, 0) is 26.6 Å². The Morgan fingerprint density at radius 3 is 2.96 bits per heavy atom. The molecule has 0 radical (unpaired) electrons. The van der Waals surface area contributed by atoms with Crippen LogP contribution in [0.5, 0.6) is 5.75 Å². The molecule has 0 unspecified atom stereocenters. The van der Waals surface area contributed by atoms with Gasteiger partial charge in [0.05, 0.1) is 6.20 Å². The van der Waals surface area contributed by atoms with Crippen LogP contribution < -0.4 is 10.1 Å². The standard InChI is InChI=1S/C20H21N3O3/c1-3-6-16-7-4-5-8-18(16)25-14-17-9-10-19(26-17)20(24)21-11-15-12-22-23(2)13-15/h3-5,7-10,12-13H,1,6,11,14H2,2H3,(H,21,24). The third-order valence-corrected chi connectivity index (χ3v) is 3.80. The number of para-hydroxylation sites is 1. The van der Waals surface area contributed by atoms with Gasteiger partial charge in [-0.3, -0.25) is 9.48 Å². The van der Waals surface area contributed by atoms with Gasteiger partial charge in [-0.05, 0) is 30.2 Å². The minimum Gasteiger partial charge on any atom is -0.485 e. The molecule has 0 aliphatic rings. The number of aromatic nitrogens is 2. The summed E-state index contributed by atoms with van der Waals surface area (Å²) in [6.45, 7) is 4.41. The van der Waals surface area contributed by atoms with Gasteiger partial charge in [-0.1, -0.05) is 24.3 Å². The van der Waals surface area contributed by atoms with E-state index in [1.54, 1.807) is 23.0 Å². The van der Waals surface area contributed by atoms with Crippen LogP contribution in [0.4, 0.5) is 0 Å². The fourth-order valence-electron chi connectivity index (χ4n) is 2.53. The number of nitrogens with zero attached hydrogens (tertiary/aromatic N) is 2. The Labute approximate surface area is 152 Å². The summed E-state index contributed by atoms with van der Waals surface area (Å²) in [6, 6.07) is 11.2. The Morgan fingerprint density at radius 1 is 1.35 bits per heavy atom. The lowest BCUT2D eigenvalue weighted by Gasteiger charge is -2.08. The van der Waals surface area contributed by atoms with Gasteiger partial charge >= 0.3 is 0 Å². The maximum Gasteiger partial charge on any atom is 0.287 e. The molecule has 0 saturated carbocycles. The lowest BCUT2D eigenvalue weighted by Crippen LogP contribution is -2.22. The van der Waals surface area contributed by atoms with E-state index in [0.717, 1.165) is 23.3 Å². The SMILES string of the molecule is C=CCc1ccccc1OCc1ccc(C(=O)NCc2cnn(C)c2)o1. The van der Waals surface area contributed by atoms with Crippen LogP contribution >= 0.6 is 0 Å². The molecule has 2 aromatic heterocycles. The second kappa shape index (κ2) is 8.20. The van der Waals surface area contributed by atoms with Crippen LogP contribution in [0.3, 0.4) is 0 Å². The summed E-state index contributed by atoms with van der Waals surface area (Å²) in [7, 11) is 1.83. The Bertz CT molecular complexity index is 895. The molecule has 3 aromatic rings. The highest BCUT2D eigenvalue weighted by molar-refractivity contribution is 5.91. The van der Waals surface area contributed by atoms with Gasteiger partial charge < -0.3 is 14.5 Å². The monoisotopic (exact) mass is 351 g/mol. The summed E-state index contributed by atoms with van der Waals surface area (Å²) < 4.78 is 13.1. The Morgan fingerprint density at radius 2 is 2.19 bits per heavy atom. The number of carbonyl (C=O) groups is 1. The molecule has 0 saturated heterocycles. The number of nitrogens with one attached hydrogen (secondary N) is 1. The highest BCUT2D eigenvalue weighted by Gasteiger charge is 2.12. The number of hydrogen-bond acceptors (Lipinski definition) is 4. The van der Waals surface area contributed by atoms with Gasteiger partial charge in [0.2, 0.25) is 0 Å². The third kappa shape index (κ3) is 4.42. The fourth-order valence-corrected chi connectivity index (χ4v) is 2.53. The first-order chi connectivity index (χ1) is 12.7. The Kier molecular flexibility index (Phi) is 5.53. The van der Waals surface area contributed by atoms with Crippen molar-refractivity contribution in [3.63, 3.8) is 0 Å². The van der Waals surface area contributed by atoms with E-state index in [4.69, 9.17) is 9.15 Å². The van der Waals surface area contributed by atoms with Crippen molar-refractivity contribution in [2.45, 2.75) is 19.6 Å². The summed E-state index contributed by atoms with van der Waals surface area (Å²) in [5.74, 6) is 1.36. The fraction of sp³-hybridized carbons (Fsp3) is 0.200. The van der Waals surface area contributed by atoms with E-state index in [2.05, 4.69) is 17.0 Å². The van der Waals surface area contributed by atoms with E-state index in [-0.39, 0.29) is 18.3 Å². The zero-order valence-electron chi connectivity index (χ0n) is 14.6. The predicted octanol–water partition coefficient (Wildman–Crippen LogP) is 3.25. The Hall–Kier alpha value is -3.28. The zero-order chi connectivity index (χ0) is 18.4. The molecular weight excluding hydrogens is 330 g/mol. The molecule has 26 heavy (non-hydrogen) atoms. The second-order valence-electron chi connectivity index (χ2n) is 5.86. The van der Waals surface area contributed by atoms with Crippen LogP contribution in [0.2, 0.25) is 0 Å². The van der Waals surface area contributed by atoms with Gasteiger partial charge in [0.1, 0.15) is 18.1 Å². The molecular formula is C20H21N3O3. The average molecular weight is 351 g/mol. The number of amides is 1. The van der Waals surface area contributed by atoms with Crippen molar-refractivity contribution in [3.8, 4) is 5.75 Å². The number of carbonyl (C=O) groups excluding carboxylic acids is 1. The number of allylic oxidation sites excluding steroid dienone is 1. The van der Waals surface area contributed by atoms with Crippen LogP contribution in [0.1, 0.15) is 27.4 Å². The minimum absolute atomic E-state index is 0.254. The predicted molar refractivity (Wildman–Crippen MR) is 97.8 cm³/mol. The smallest absolute Gasteiger partial charge is 0.287 e. The van der Waals surface area contributed by atoms with Crippen molar-refractivity contribution in [1.29, 1.82) is 0 Å². The first-order valence-corrected chi connectivity index (χ1v) is 8.31. The summed E-state index contributed by atoms with van der Waals surface area (Å²) in [4.78, 5) is 12.2. The van der Waals surface area contributed by atoms with Gasteiger partial charge in [0.25, 0.3) is 5.91 Å². The lowest BCUT2D eigenvalue weighted by atomic mass is 10.1.